The van der Waals surface area contributed by atoms with Crippen molar-refractivity contribution in [3.63, 3.8) is 0 Å². The zero-order valence-corrected chi connectivity index (χ0v) is 12.1. The number of pyridine rings is 1. The normalized spacial score (nSPS) is 10.8. The highest BCUT2D eigenvalue weighted by Crippen LogP contribution is 2.22. The van der Waals surface area contributed by atoms with E-state index in [4.69, 9.17) is 5.11 Å². The number of aliphatic hydroxyl groups is 1. The summed E-state index contributed by atoms with van der Waals surface area (Å²) in [6.45, 7) is 0.840. The number of hydrogen-bond donors (Lipinski definition) is 2. The van der Waals surface area contributed by atoms with E-state index in [1.807, 2.05) is 30.3 Å². The van der Waals surface area contributed by atoms with Gasteiger partial charge in [-0.3, -0.25) is 4.98 Å². The Balaban J connectivity index is 1.68. The highest BCUT2D eigenvalue weighted by atomic mass is 19.1. The molecule has 0 spiro atoms. The molecule has 0 amide bonds. The standard InChI is InChI=1S/C18H17FN2O/c19-15-5-6-16-17(8-10-21-18(16)11-15)20-9-7-13-1-3-14(12-22)4-2-13/h1-6,8,10-11,22H,7,9,12H2,(H,20,21). The molecule has 112 valence electrons. The highest BCUT2D eigenvalue weighted by Gasteiger charge is 2.03. The number of rotatable bonds is 5. The lowest BCUT2D eigenvalue weighted by atomic mass is 10.1. The average molecular weight is 296 g/mol. The zero-order valence-electron chi connectivity index (χ0n) is 12.1. The van der Waals surface area contributed by atoms with Gasteiger partial charge in [-0.15, -0.1) is 0 Å². The molecule has 3 aromatic rings. The number of aliphatic hydroxyl groups excluding tert-OH is 1. The Labute approximate surface area is 128 Å². The van der Waals surface area contributed by atoms with Gasteiger partial charge in [0.1, 0.15) is 5.82 Å². The summed E-state index contributed by atoms with van der Waals surface area (Å²) >= 11 is 0. The Hall–Kier alpha value is -2.46. The number of fused-ring (bicyclic) bond motifs is 1. The number of halogens is 1. The maximum atomic E-state index is 13.2. The Morgan fingerprint density at radius 3 is 2.55 bits per heavy atom. The van der Waals surface area contributed by atoms with Crippen molar-refractivity contribution in [3.8, 4) is 0 Å². The van der Waals surface area contributed by atoms with Crippen LogP contribution in [-0.2, 0) is 13.0 Å². The lowest BCUT2D eigenvalue weighted by Gasteiger charge is -2.09. The van der Waals surface area contributed by atoms with Crippen molar-refractivity contribution in [1.82, 2.24) is 4.98 Å². The predicted molar refractivity (Wildman–Crippen MR) is 86.3 cm³/mol. The van der Waals surface area contributed by atoms with Gasteiger partial charge in [0.2, 0.25) is 0 Å². The topological polar surface area (TPSA) is 45.1 Å². The molecule has 0 fully saturated rings. The first kappa shape index (κ1) is 14.5. The number of hydrogen-bond acceptors (Lipinski definition) is 3. The van der Waals surface area contributed by atoms with Crippen LogP contribution >= 0.6 is 0 Å². The van der Waals surface area contributed by atoms with Crippen LogP contribution in [0.2, 0.25) is 0 Å². The summed E-state index contributed by atoms with van der Waals surface area (Å²) in [6.07, 6.45) is 2.55. The molecule has 22 heavy (non-hydrogen) atoms. The minimum Gasteiger partial charge on any atom is -0.392 e. The van der Waals surface area contributed by atoms with E-state index in [-0.39, 0.29) is 12.4 Å². The van der Waals surface area contributed by atoms with E-state index in [0.29, 0.717) is 5.52 Å². The average Bonchev–Trinajstić information content (AvgIpc) is 2.55. The van der Waals surface area contributed by atoms with Crippen molar-refractivity contribution >= 4 is 16.6 Å². The fraction of sp³-hybridized carbons (Fsp3) is 0.167. The smallest absolute Gasteiger partial charge is 0.125 e. The second kappa shape index (κ2) is 6.54. The number of aromatic nitrogens is 1. The third-order valence-corrected chi connectivity index (χ3v) is 3.64. The molecule has 4 heteroatoms. The molecule has 1 aromatic heterocycles. The first-order chi connectivity index (χ1) is 10.8. The third-order valence-electron chi connectivity index (χ3n) is 3.64. The van der Waals surface area contributed by atoms with E-state index in [1.54, 1.807) is 12.3 Å². The van der Waals surface area contributed by atoms with E-state index in [1.165, 1.54) is 17.7 Å². The molecular weight excluding hydrogens is 279 g/mol. The van der Waals surface area contributed by atoms with Crippen LogP contribution in [0.15, 0.2) is 54.7 Å². The van der Waals surface area contributed by atoms with Gasteiger partial charge in [0.05, 0.1) is 12.1 Å². The number of nitrogens with zero attached hydrogens (tertiary/aromatic N) is 1. The predicted octanol–water partition coefficient (Wildman–Crippen LogP) is 3.52. The minimum absolute atomic E-state index is 0.0676. The Morgan fingerprint density at radius 1 is 1.00 bits per heavy atom. The lowest BCUT2D eigenvalue weighted by Crippen LogP contribution is -2.05. The summed E-state index contributed by atoms with van der Waals surface area (Å²) in [7, 11) is 0. The van der Waals surface area contributed by atoms with Crippen LogP contribution in [0.3, 0.4) is 0 Å². The van der Waals surface area contributed by atoms with Gasteiger partial charge >= 0.3 is 0 Å². The summed E-state index contributed by atoms with van der Waals surface area (Å²) in [5.41, 5.74) is 3.72. The zero-order chi connectivity index (χ0) is 15.4. The van der Waals surface area contributed by atoms with Crippen molar-refractivity contribution in [2.75, 3.05) is 11.9 Å². The molecule has 1 heterocycles. The first-order valence-electron chi connectivity index (χ1n) is 7.23. The summed E-state index contributed by atoms with van der Waals surface area (Å²) < 4.78 is 13.2. The molecule has 0 aliphatic rings. The number of anilines is 1. The quantitative estimate of drug-likeness (QED) is 0.757. The fourth-order valence-electron chi connectivity index (χ4n) is 2.43. The molecular formula is C18H17FN2O. The molecule has 2 aromatic carbocycles. The fourth-order valence-corrected chi connectivity index (χ4v) is 2.43. The third kappa shape index (κ3) is 3.23. The van der Waals surface area contributed by atoms with Crippen LogP contribution < -0.4 is 5.32 Å². The Morgan fingerprint density at radius 2 is 1.77 bits per heavy atom. The van der Waals surface area contributed by atoms with Crippen LogP contribution in [0.25, 0.3) is 10.9 Å². The number of benzene rings is 2. The molecule has 0 radical (unpaired) electrons. The second-order valence-electron chi connectivity index (χ2n) is 5.17. The van der Waals surface area contributed by atoms with E-state index >= 15 is 0 Å². The SMILES string of the molecule is OCc1ccc(CCNc2ccnc3cc(F)ccc23)cc1. The van der Waals surface area contributed by atoms with E-state index in [9.17, 15) is 4.39 Å². The molecule has 0 bridgehead atoms. The van der Waals surface area contributed by atoms with Crippen LogP contribution in [-0.4, -0.2) is 16.6 Å². The summed E-state index contributed by atoms with van der Waals surface area (Å²) in [6, 6.07) is 14.4. The highest BCUT2D eigenvalue weighted by molar-refractivity contribution is 5.90. The molecule has 2 N–H and O–H groups in total. The molecule has 0 unspecified atom stereocenters. The molecule has 0 saturated carbocycles. The maximum Gasteiger partial charge on any atom is 0.125 e. The van der Waals surface area contributed by atoms with Gasteiger partial charge in [0.25, 0.3) is 0 Å². The molecule has 0 saturated heterocycles. The van der Waals surface area contributed by atoms with E-state index < -0.39 is 0 Å². The van der Waals surface area contributed by atoms with Gasteiger partial charge < -0.3 is 10.4 Å². The van der Waals surface area contributed by atoms with E-state index in [0.717, 1.165) is 29.6 Å². The molecule has 0 aliphatic heterocycles. The summed E-state index contributed by atoms with van der Waals surface area (Å²) in [5.74, 6) is -0.277. The van der Waals surface area contributed by atoms with Crippen LogP contribution in [0.4, 0.5) is 10.1 Å². The van der Waals surface area contributed by atoms with Gasteiger partial charge in [-0.1, -0.05) is 24.3 Å². The van der Waals surface area contributed by atoms with Gasteiger partial charge in [-0.2, -0.15) is 0 Å². The minimum atomic E-state index is -0.277. The molecule has 3 rings (SSSR count). The summed E-state index contributed by atoms with van der Waals surface area (Å²) in [5, 5.41) is 13.3. The second-order valence-corrected chi connectivity index (χ2v) is 5.17. The largest absolute Gasteiger partial charge is 0.392 e. The van der Waals surface area contributed by atoms with Crippen molar-refractivity contribution in [3.05, 3.63) is 71.7 Å². The van der Waals surface area contributed by atoms with Gasteiger partial charge in [0, 0.05) is 29.9 Å². The molecule has 3 nitrogen and oxygen atoms in total. The first-order valence-corrected chi connectivity index (χ1v) is 7.23. The Bertz CT molecular complexity index is 772. The lowest BCUT2D eigenvalue weighted by molar-refractivity contribution is 0.282. The number of nitrogens with one attached hydrogen (secondary N) is 1. The van der Waals surface area contributed by atoms with Crippen LogP contribution in [0.1, 0.15) is 11.1 Å². The molecule has 0 atom stereocenters. The maximum absolute atomic E-state index is 13.2. The van der Waals surface area contributed by atoms with E-state index in [2.05, 4.69) is 10.3 Å². The van der Waals surface area contributed by atoms with Crippen LogP contribution in [0, 0.1) is 5.82 Å². The monoisotopic (exact) mass is 296 g/mol. The van der Waals surface area contributed by atoms with Crippen LogP contribution in [0.5, 0.6) is 0 Å². The van der Waals surface area contributed by atoms with Gasteiger partial charge in [0.15, 0.2) is 0 Å². The van der Waals surface area contributed by atoms with Gasteiger partial charge in [-0.25, -0.2) is 4.39 Å². The Kier molecular flexibility index (Phi) is 4.30. The molecule has 0 aliphatic carbocycles. The van der Waals surface area contributed by atoms with Gasteiger partial charge in [-0.05, 0) is 35.7 Å². The van der Waals surface area contributed by atoms with Crippen molar-refractivity contribution < 1.29 is 9.50 Å². The van der Waals surface area contributed by atoms with Crippen molar-refractivity contribution in [2.24, 2.45) is 0 Å². The van der Waals surface area contributed by atoms with Crippen molar-refractivity contribution in [2.45, 2.75) is 13.0 Å². The summed E-state index contributed by atoms with van der Waals surface area (Å²) in [4.78, 5) is 4.18. The van der Waals surface area contributed by atoms with Crippen molar-refractivity contribution in [1.29, 1.82) is 0 Å².